The minimum Gasteiger partial charge on any atom is -0.329 e. The van der Waals surface area contributed by atoms with Crippen molar-refractivity contribution in [1.29, 1.82) is 5.26 Å². The van der Waals surface area contributed by atoms with E-state index in [1.165, 1.54) is 0 Å². The van der Waals surface area contributed by atoms with E-state index in [0.717, 1.165) is 32.5 Å². The topological polar surface area (TPSA) is 53.0 Å². The van der Waals surface area contributed by atoms with Gasteiger partial charge in [0.25, 0.3) is 0 Å². The Balaban J connectivity index is 2.39. The predicted molar refractivity (Wildman–Crippen MR) is 65.4 cm³/mol. The third-order valence-corrected chi connectivity index (χ3v) is 3.13. The van der Waals surface area contributed by atoms with Gasteiger partial charge >= 0.3 is 0 Å². The van der Waals surface area contributed by atoms with Gasteiger partial charge in [-0.3, -0.25) is 4.90 Å². The molecule has 0 aliphatic carbocycles. The van der Waals surface area contributed by atoms with E-state index in [9.17, 15) is 0 Å². The molecule has 0 aromatic carbocycles. The summed E-state index contributed by atoms with van der Waals surface area (Å²) >= 11 is 0. The fraction of sp³-hybridized carbons (Fsp3) is 0.769. The zero-order valence-electron chi connectivity index (χ0n) is 10.3. The smallest absolute Gasteiger partial charge is 0.0720 e. The lowest BCUT2D eigenvalue weighted by atomic mass is 9.80. The van der Waals surface area contributed by atoms with Crippen molar-refractivity contribution in [3.63, 3.8) is 0 Å². The highest BCUT2D eigenvalue weighted by Crippen LogP contribution is 2.28. The highest BCUT2D eigenvalue weighted by molar-refractivity contribution is 5.06. The Hall–Kier alpha value is -1.03. The molecule has 0 atom stereocenters. The van der Waals surface area contributed by atoms with Gasteiger partial charge in [0.2, 0.25) is 0 Å². The molecule has 1 fully saturated rings. The van der Waals surface area contributed by atoms with E-state index >= 15 is 0 Å². The molecule has 1 aliphatic rings. The third kappa shape index (κ3) is 3.52. The molecule has 1 saturated heterocycles. The van der Waals surface area contributed by atoms with Gasteiger partial charge in [-0.25, -0.2) is 0 Å². The summed E-state index contributed by atoms with van der Waals surface area (Å²) in [4.78, 5) is 2.31. The summed E-state index contributed by atoms with van der Waals surface area (Å²) in [7, 11) is 0. The van der Waals surface area contributed by atoms with Crippen LogP contribution in [-0.4, -0.2) is 31.1 Å². The van der Waals surface area contributed by atoms with Gasteiger partial charge in [0.1, 0.15) is 0 Å². The maximum Gasteiger partial charge on any atom is 0.0720 e. The quantitative estimate of drug-likeness (QED) is 0.710. The fourth-order valence-corrected chi connectivity index (χ4v) is 1.86. The van der Waals surface area contributed by atoms with Crippen molar-refractivity contribution in [2.45, 2.75) is 26.7 Å². The molecule has 0 radical (unpaired) electrons. The molecule has 0 aromatic rings. The van der Waals surface area contributed by atoms with Crippen molar-refractivity contribution < 1.29 is 0 Å². The molecule has 0 amide bonds. The van der Waals surface area contributed by atoms with Gasteiger partial charge in [-0.05, 0) is 12.8 Å². The molecule has 3 heteroatoms. The lowest BCUT2D eigenvalue weighted by Crippen LogP contribution is -2.43. The van der Waals surface area contributed by atoms with Crippen LogP contribution in [0.3, 0.4) is 0 Å². The summed E-state index contributed by atoms with van der Waals surface area (Å²) in [6, 6.07) is 2.37. The molecule has 1 aliphatic heterocycles. The summed E-state index contributed by atoms with van der Waals surface area (Å²) in [5, 5.41) is 9.10. The molecule has 0 unspecified atom stereocenters. The molecule has 16 heavy (non-hydrogen) atoms. The van der Waals surface area contributed by atoms with Crippen LogP contribution in [0.25, 0.3) is 0 Å². The highest BCUT2D eigenvalue weighted by atomic mass is 15.1. The van der Waals surface area contributed by atoms with Crippen LogP contribution in [0.2, 0.25) is 0 Å². The first kappa shape index (κ1) is 13.0. The second-order valence-electron chi connectivity index (χ2n) is 4.85. The zero-order chi connectivity index (χ0) is 12.0. The van der Waals surface area contributed by atoms with Crippen LogP contribution in [0.4, 0.5) is 0 Å². The van der Waals surface area contributed by atoms with Crippen LogP contribution in [0.5, 0.6) is 0 Å². The Morgan fingerprint density at radius 3 is 2.44 bits per heavy atom. The number of nitrogens with two attached hydrogens (primary N) is 1. The van der Waals surface area contributed by atoms with Crippen molar-refractivity contribution in [3.8, 4) is 17.9 Å². The molecule has 0 aromatic heterocycles. The standard InChI is InChI=1S/C13H21N3/c1-12(2)4-3-7-16-8-5-13(10-14,11-15)6-9-16/h12H,5-10,14H2,1-2H3. The van der Waals surface area contributed by atoms with Crippen molar-refractivity contribution in [3.05, 3.63) is 0 Å². The Labute approximate surface area is 98.6 Å². The largest absolute Gasteiger partial charge is 0.329 e. The predicted octanol–water partition coefficient (Wildman–Crippen LogP) is 1.21. The SMILES string of the molecule is CC(C)C#CCN1CCC(C#N)(CN)CC1. The van der Waals surface area contributed by atoms with E-state index in [0.29, 0.717) is 12.5 Å². The highest BCUT2D eigenvalue weighted by Gasteiger charge is 2.32. The number of hydrogen-bond donors (Lipinski definition) is 1. The monoisotopic (exact) mass is 219 g/mol. The number of nitrogens with zero attached hydrogens (tertiary/aromatic N) is 2. The van der Waals surface area contributed by atoms with E-state index in [4.69, 9.17) is 11.0 Å². The molecule has 1 heterocycles. The van der Waals surface area contributed by atoms with Gasteiger partial charge in [0, 0.05) is 25.6 Å². The van der Waals surface area contributed by atoms with E-state index in [1.807, 2.05) is 0 Å². The molecule has 0 bridgehead atoms. The first-order valence-corrected chi connectivity index (χ1v) is 5.94. The van der Waals surface area contributed by atoms with Gasteiger partial charge in [0.15, 0.2) is 0 Å². The van der Waals surface area contributed by atoms with Gasteiger partial charge in [-0.2, -0.15) is 5.26 Å². The van der Waals surface area contributed by atoms with E-state index < -0.39 is 0 Å². The first-order valence-electron chi connectivity index (χ1n) is 5.94. The van der Waals surface area contributed by atoms with Crippen molar-refractivity contribution in [2.75, 3.05) is 26.2 Å². The molecular weight excluding hydrogens is 198 g/mol. The number of piperidine rings is 1. The van der Waals surface area contributed by atoms with Gasteiger partial charge in [-0.15, -0.1) is 0 Å². The normalized spacial score (nSPS) is 19.9. The Bertz CT molecular complexity index is 308. The number of hydrogen-bond acceptors (Lipinski definition) is 3. The molecule has 0 saturated carbocycles. The Kier molecular flexibility index (Phi) is 4.80. The molecule has 88 valence electrons. The maximum atomic E-state index is 9.10. The summed E-state index contributed by atoms with van der Waals surface area (Å²) in [5.41, 5.74) is 5.39. The summed E-state index contributed by atoms with van der Waals surface area (Å²) in [6.07, 6.45) is 1.76. The van der Waals surface area contributed by atoms with E-state index in [-0.39, 0.29) is 5.41 Å². The lowest BCUT2D eigenvalue weighted by Gasteiger charge is -2.35. The second kappa shape index (κ2) is 5.89. The molecule has 0 spiro atoms. The van der Waals surface area contributed by atoms with Crippen LogP contribution in [-0.2, 0) is 0 Å². The third-order valence-electron chi connectivity index (χ3n) is 3.13. The fourth-order valence-electron chi connectivity index (χ4n) is 1.86. The average molecular weight is 219 g/mol. The maximum absolute atomic E-state index is 9.10. The van der Waals surface area contributed by atoms with E-state index in [1.54, 1.807) is 0 Å². The molecule has 2 N–H and O–H groups in total. The number of likely N-dealkylation sites (tertiary alicyclic amines) is 1. The number of nitriles is 1. The minimum atomic E-state index is -0.276. The number of rotatable bonds is 2. The van der Waals surface area contributed by atoms with Crippen LogP contribution in [0.15, 0.2) is 0 Å². The Morgan fingerprint density at radius 1 is 1.38 bits per heavy atom. The lowest BCUT2D eigenvalue weighted by molar-refractivity contribution is 0.164. The van der Waals surface area contributed by atoms with Crippen molar-refractivity contribution in [2.24, 2.45) is 17.1 Å². The van der Waals surface area contributed by atoms with E-state index in [2.05, 4.69) is 36.7 Å². The van der Waals surface area contributed by atoms with Crippen molar-refractivity contribution >= 4 is 0 Å². The Morgan fingerprint density at radius 2 is 2.00 bits per heavy atom. The van der Waals surface area contributed by atoms with Gasteiger partial charge in [-0.1, -0.05) is 25.7 Å². The van der Waals surface area contributed by atoms with Crippen molar-refractivity contribution in [1.82, 2.24) is 4.90 Å². The summed E-state index contributed by atoms with van der Waals surface area (Å²) < 4.78 is 0. The average Bonchev–Trinajstić information content (AvgIpc) is 2.30. The van der Waals surface area contributed by atoms with Crippen LogP contribution in [0, 0.1) is 34.5 Å². The second-order valence-corrected chi connectivity index (χ2v) is 4.85. The first-order chi connectivity index (χ1) is 7.62. The molecule has 3 nitrogen and oxygen atoms in total. The molecule has 1 rings (SSSR count). The van der Waals surface area contributed by atoms with Gasteiger partial charge in [0.05, 0.1) is 18.0 Å². The minimum absolute atomic E-state index is 0.276. The summed E-state index contributed by atoms with van der Waals surface area (Å²) in [6.45, 7) is 7.38. The van der Waals surface area contributed by atoms with Gasteiger partial charge < -0.3 is 5.73 Å². The van der Waals surface area contributed by atoms with Crippen LogP contribution in [0.1, 0.15) is 26.7 Å². The van der Waals surface area contributed by atoms with Crippen LogP contribution >= 0.6 is 0 Å². The zero-order valence-corrected chi connectivity index (χ0v) is 10.3. The summed E-state index contributed by atoms with van der Waals surface area (Å²) in [5.74, 6) is 6.78. The van der Waals surface area contributed by atoms with Crippen LogP contribution < -0.4 is 5.73 Å². The molecular formula is C13H21N3.